The fourth-order valence-electron chi connectivity index (χ4n) is 0.443. The highest BCUT2D eigenvalue weighted by molar-refractivity contribution is 5.12. The first-order valence-corrected chi connectivity index (χ1v) is 3.34. The van der Waals surface area contributed by atoms with Crippen LogP contribution in [0.3, 0.4) is 0 Å². The predicted octanol–water partition coefficient (Wildman–Crippen LogP) is 0.764. The van der Waals surface area contributed by atoms with Gasteiger partial charge in [0.05, 0.1) is 12.1 Å². The van der Waals surface area contributed by atoms with E-state index in [9.17, 15) is 0 Å². The molecule has 0 aromatic rings. The summed E-state index contributed by atoms with van der Waals surface area (Å²) >= 11 is 0. The number of methoxy groups -OCH3 is 1. The third-order valence-corrected chi connectivity index (χ3v) is 0.842. The smallest absolute Gasteiger partial charge is 0.0719 e. The van der Waals surface area contributed by atoms with Gasteiger partial charge in [-0.05, 0) is 13.8 Å². The first-order valence-electron chi connectivity index (χ1n) is 3.34. The first kappa shape index (κ1) is 9.48. The summed E-state index contributed by atoms with van der Waals surface area (Å²) < 4.78 is 4.81. The average Bonchev–Trinajstić information content (AvgIpc) is 1.78. The molecule has 0 aliphatic heterocycles. The normalized spacial score (nSPS) is 10.4. The van der Waals surface area contributed by atoms with Gasteiger partial charge in [-0.3, -0.25) is 0 Å². The van der Waals surface area contributed by atoms with Crippen molar-refractivity contribution in [2.24, 2.45) is 5.73 Å². The number of hydrogen-bond acceptors (Lipinski definition) is 2. The maximum absolute atomic E-state index is 5.60. The molecular formula is C8H15NO. The van der Waals surface area contributed by atoms with Crippen LogP contribution in [0.2, 0.25) is 0 Å². The Kier molecular flexibility index (Phi) is 4.10. The van der Waals surface area contributed by atoms with Gasteiger partial charge in [-0.2, -0.15) is 0 Å². The Bertz CT molecular complexity index is 136. The van der Waals surface area contributed by atoms with E-state index in [-0.39, 0.29) is 5.54 Å². The Hall–Kier alpha value is -0.520. The fourth-order valence-corrected chi connectivity index (χ4v) is 0.443. The molecule has 0 saturated carbocycles. The lowest BCUT2D eigenvalue weighted by Crippen LogP contribution is -2.29. The average molecular weight is 141 g/mol. The van der Waals surface area contributed by atoms with Crippen LogP contribution in [0.15, 0.2) is 0 Å². The molecule has 2 N–H and O–H groups in total. The Balaban J connectivity index is 3.50. The van der Waals surface area contributed by atoms with Crippen molar-refractivity contribution in [2.45, 2.75) is 25.8 Å². The van der Waals surface area contributed by atoms with Gasteiger partial charge in [-0.15, -0.1) is 0 Å². The molecule has 0 atom stereocenters. The molecule has 2 heteroatoms. The second-order valence-corrected chi connectivity index (χ2v) is 2.77. The lowest BCUT2D eigenvalue weighted by Gasteiger charge is -2.07. The van der Waals surface area contributed by atoms with E-state index in [4.69, 9.17) is 10.5 Å². The highest BCUT2D eigenvalue weighted by atomic mass is 16.5. The molecule has 2 nitrogen and oxygen atoms in total. The SMILES string of the molecule is COCCC#CC(C)(C)N. The van der Waals surface area contributed by atoms with Crippen LogP contribution in [0.4, 0.5) is 0 Å². The first-order chi connectivity index (χ1) is 4.56. The van der Waals surface area contributed by atoms with Crippen molar-refractivity contribution < 1.29 is 4.74 Å². The van der Waals surface area contributed by atoms with Crippen LogP contribution in [-0.2, 0) is 4.74 Å². The van der Waals surface area contributed by atoms with Gasteiger partial charge in [-0.1, -0.05) is 11.8 Å². The quantitative estimate of drug-likeness (QED) is 0.455. The third kappa shape index (κ3) is 7.48. The molecule has 0 fully saturated rings. The highest BCUT2D eigenvalue weighted by Crippen LogP contribution is 1.91. The largest absolute Gasteiger partial charge is 0.384 e. The zero-order valence-corrected chi connectivity index (χ0v) is 6.90. The fraction of sp³-hybridized carbons (Fsp3) is 0.750. The van der Waals surface area contributed by atoms with E-state index in [0.29, 0.717) is 6.61 Å². The van der Waals surface area contributed by atoms with Crippen LogP contribution in [0.25, 0.3) is 0 Å². The molecule has 0 radical (unpaired) electrons. The van der Waals surface area contributed by atoms with E-state index < -0.39 is 0 Å². The van der Waals surface area contributed by atoms with Gasteiger partial charge in [0.2, 0.25) is 0 Å². The van der Waals surface area contributed by atoms with Crippen LogP contribution >= 0.6 is 0 Å². The molecule has 10 heavy (non-hydrogen) atoms. The lowest BCUT2D eigenvalue weighted by molar-refractivity contribution is 0.206. The van der Waals surface area contributed by atoms with Crippen LogP contribution < -0.4 is 5.73 Å². The van der Waals surface area contributed by atoms with Gasteiger partial charge in [-0.25, -0.2) is 0 Å². The summed E-state index contributed by atoms with van der Waals surface area (Å²) in [5.74, 6) is 5.83. The van der Waals surface area contributed by atoms with Crippen molar-refractivity contribution in [2.75, 3.05) is 13.7 Å². The highest BCUT2D eigenvalue weighted by Gasteiger charge is 2.02. The predicted molar refractivity (Wildman–Crippen MR) is 42.5 cm³/mol. The molecule has 58 valence electrons. The Morgan fingerprint density at radius 1 is 1.50 bits per heavy atom. The molecule has 0 amide bonds. The minimum Gasteiger partial charge on any atom is -0.384 e. The van der Waals surface area contributed by atoms with Crippen LogP contribution in [0.5, 0.6) is 0 Å². The maximum atomic E-state index is 5.60. The number of hydrogen-bond donors (Lipinski definition) is 1. The lowest BCUT2D eigenvalue weighted by atomic mass is 10.1. The van der Waals surface area contributed by atoms with Crippen molar-refractivity contribution >= 4 is 0 Å². The van der Waals surface area contributed by atoms with Gasteiger partial charge in [0.25, 0.3) is 0 Å². The molecule has 0 heterocycles. The van der Waals surface area contributed by atoms with Crippen molar-refractivity contribution in [3.05, 3.63) is 0 Å². The van der Waals surface area contributed by atoms with Crippen molar-refractivity contribution in [3.8, 4) is 11.8 Å². The van der Waals surface area contributed by atoms with E-state index in [1.165, 1.54) is 0 Å². The maximum Gasteiger partial charge on any atom is 0.0719 e. The van der Waals surface area contributed by atoms with Crippen LogP contribution in [0, 0.1) is 11.8 Å². The van der Waals surface area contributed by atoms with Gasteiger partial charge in [0, 0.05) is 13.5 Å². The summed E-state index contributed by atoms with van der Waals surface area (Å²) in [5, 5.41) is 0. The van der Waals surface area contributed by atoms with Crippen molar-refractivity contribution in [1.29, 1.82) is 0 Å². The molecule has 0 unspecified atom stereocenters. The van der Waals surface area contributed by atoms with Gasteiger partial charge in [0.1, 0.15) is 0 Å². The molecule has 0 rings (SSSR count). The zero-order valence-electron chi connectivity index (χ0n) is 6.90. The van der Waals surface area contributed by atoms with E-state index in [1.807, 2.05) is 13.8 Å². The van der Waals surface area contributed by atoms with E-state index >= 15 is 0 Å². The third-order valence-electron chi connectivity index (χ3n) is 0.842. The number of ether oxygens (including phenoxy) is 1. The molecule has 0 bridgehead atoms. The van der Waals surface area contributed by atoms with E-state index in [0.717, 1.165) is 6.42 Å². The van der Waals surface area contributed by atoms with E-state index in [2.05, 4.69) is 11.8 Å². The Labute approximate surface area is 62.7 Å². The standard InChI is InChI=1S/C8H15NO/c1-8(2,9)6-4-5-7-10-3/h5,7,9H2,1-3H3. The molecule has 0 aromatic heterocycles. The van der Waals surface area contributed by atoms with Crippen molar-refractivity contribution in [1.82, 2.24) is 0 Å². The molecule has 0 aliphatic carbocycles. The van der Waals surface area contributed by atoms with Gasteiger partial charge in [0.15, 0.2) is 0 Å². The summed E-state index contributed by atoms with van der Waals surface area (Å²) in [6, 6.07) is 0. The number of nitrogens with two attached hydrogens (primary N) is 1. The second kappa shape index (κ2) is 4.32. The monoisotopic (exact) mass is 141 g/mol. The molecule has 0 spiro atoms. The summed E-state index contributed by atoms with van der Waals surface area (Å²) in [7, 11) is 1.66. The summed E-state index contributed by atoms with van der Waals surface area (Å²) in [6.45, 7) is 4.45. The molecule has 0 aliphatic rings. The molecule has 0 aromatic carbocycles. The molecular weight excluding hydrogens is 126 g/mol. The second-order valence-electron chi connectivity index (χ2n) is 2.77. The topological polar surface area (TPSA) is 35.2 Å². The summed E-state index contributed by atoms with van der Waals surface area (Å²) in [4.78, 5) is 0. The zero-order chi connectivity index (χ0) is 8.04. The van der Waals surface area contributed by atoms with E-state index in [1.54, 1.807) is 7.11 Å². The van der Waals surface area contributed by atoms with Crippen LogP contribution in [0.1, 0.15) is 20.3 Å². The summed E-state index contributed by atoms with van der Waals surface area (Å²) in [5.41, 5.74) is 5.24. The Morgan fingerprint density at radius 3 is 2.50 bits per heavy atom. The van der Waals surface area contributed by atoms with Gasteiger partial charge >= 0.3 is 0 Å². The Morgan fingerprint density at radius 2 is 2.10 bits per heavy atom. The molecule has 0 saturated heterocycles. The summed E-state index contributed by atoms with van der Waals surface area (Å²) in [6.07, 6.45) is 0.761. The minimum absolute atomic E-state index is 0.367. The van der Waals surface area contributed by atoms with Gasteiger partial charge < -0.3 is 10.5 Å². The number of rotatable bonds is 2. The minimum atomic E-state index is -0.367. The van der Waals surface area contributed by atoms with Crippen LogP contribution in [-0.4, -0.2) is 19.3 Å². The van der Waals surface area contributed by atoms with Crippen molar-refractivity contribution in [3.63, 3.8) is 0 Å².